The monoisotopic (exact) mass is 489 g/mol. The molecule has 0 saturated carbocycles. The summed E-state index contributed by atoms with van der Waals surface area (Å²) in [4.78, 5) is 22.7. The van der Waals surface area contributed by atoms with Gasteiger partial charge < -0.3 is 15.5 Å². The number of nitrogens with zero attached hydrogens (tertiary/aromatic N) is 5. The molecule has 2 aromatic carbocycles. The maximum absolute atomic E-state index is 12.4. The van der Waals surface area contributed by atoms with Crippen molar-refractivity contribution < 1.29 is 4.79 Å². The van der Waals surface area contributed by atoms with Gasteiger partial charge in [-0.3, -0.25) is 9.69 Å². The first-order valence-electron chi connectivity index (χ1n) is 11.9. The molecule has 1 fully saturated rings. The number of amides is 1. The van der Waals surface area contributed by atoms with Gasteiger partial charge in [0.2, 0.25) is 16.0 Å². The maximum atomic E-state index is 12.4. The quantitative estimate of drug-likeness (QED) is 0.417. The molecule has 2 aromatic heterocycles. The molecule has 1 aliphatic heterocycles. The standard InChI is InChI=1S/C26H31N7OS/c1-26(2,3)29-23-22(19-10-6-4-7-11-19)28-24-33(23)30-25(35-24)32-16-14-31(15-17-32)18-21(34)27-20-12-8-5-9-13-20/h4-13,29H,14-18H2,1-3H3,(H,27,34). The molecule has 0 atom stereocenters. The summed E-state index contributed by atoms with van der Waals surface area (Å²) < 4.78 is 1.94. The van der Waals surface area contributed by atoms with E-state index in [1.807, 2.05) is 53.0 Å². The molecule has 1 saturated heterocycles. The Hall–Kier alpha value is -3.43. The van der Waals surface area contributed by atoms with Gasteiger partial charge in [-0.15, -0.1) is 5.10 Å². The van der Waals surface area contributed by atoms with E-state index in [2.05, 4.69) is 53.3 Å². The van der Waals surface area contributed by atoms with E-state index in [1.54, 1.807) is 11.3 Å². The number of benzene rings is 2. The molecule has 4 aromatic rings. The Labute approximate surface area is 209 Å². The van der Waals surface area contributed by atoms with Crippen LogP contribution in [-0.2, 0) is 4.79 Å². The summed E-state index contributed by atoms with van der Waals surface area (Å²) in [6, 6.07) is 19.8. The lowest BCUT2D eigenvalue weighted by atomic mass is 10.1. The average molecular weight is 490 g/mol. The van der Waals surface area contributed by atoms with Crippen molar-refractivity contribution in [2.24, 2.45) is 0 Å². The molecular formula is C26H31N7OS. The highest BCUT2D eigenvalue weighted by atomic mass is 32.1. The number of hydrogen-bond acceptors (Lipinski definition) is 7. The van der Waals surface area contributed by atoms with Crippen LogP contribution in [0.4, 0.5) is 16.6 Å². The van der Waals surface area contributed by atoms with E-state index < -0.39 is 0 Å². The molecule has 2 N–H and O–H groups in total. The number of piperazine rings is 1. The van der Waals surface area contributed by atoms with Crippen LogP contribution in [0.3, 0.4) is 0 Å². The third-order valence-electron chi connectivity index (χ3n) is 5.80. The number of carbonyl (C=O) groups is 1. The van der Waals surface area contributed by atoms with Crippen molar-refractivity contribution >= 4 is 38.8 Å². The van der Waals surface area contributed by atoms with E-state index >= 15 is 0 Å². The first-order valence-corrected chi connectivity index (χ1v) is 12.7. The van der Waals surface area contributed by atoms with Crippen LogP contribution < -0.4 is 15.5 Å². The Morgan fingerprint density at radius 2 is 1.63 bits per heavy atom. The van der Waals surface area contributed by atoms with Crippen LogP contribution in [0, 0.1) is 0 Å². The lowest BCUT2D eigenvalue weighted by molar-refractivity contribution is -0.117. The second-order valence-electron chi connectivity index (χ2n) is 9.81. The molecule has 3 heterocycles. The maximum Gasteiger partial charge on any atom is 0.238 e. The molecular weight excluding hydrogens is 458 g/mol. The van der Waals surface area contributed by atoms with Gasteiger partial charge in [-0.1, -0.05) is 59.9 Å². The second kappa shape index (κ2) is 9.67. The van der Waals surface area contributed by atoms with Crippen molar-refractivity contribution in [2.45, 2.75) is 26.3 Å². The minimum atomic E-state index is -0.130. The van der Waals surface area contributed by atoms with Gasteiger partial charge in [0.25, 0.3) is 0 Å². The van der Waals surface area contributed by atoms with E-state index in [4.69, 9.17) is 10.1 Å². The highest BCUT2D eigenvalue weighted by Gasteiger charge is 2.25. The predicted octanol–water partition coefficient (Wildman–Crippen LogP) is 4.43. The molecule has 1 amide bonds. The molecule has 9 heteroatoms. The van der Waals surface area contributed by atoms with Crippen LogP contribution in [0.15, 0.2) is 60.7 Å². The third kappa shape index (κ3) is 5.47. The van der Waals surface area contributed by atoms with Crippen LogP contribution in [0.1, 0.15) is 20.8 Å². The van der Waals surface area contributed by atoms with Gasteiger partial charge in [-0.05, 0) is 32.9 Å². The summed E-state index contributed by atoms with van der Waals surface area (Å²) in [5.74, 6) is 0.932. The van der Waals surface area contributed by atoms with Crippen molar-refractivity contribution in [3.05, 3.63) is 60.7 Å². The van der Waals surface area contributed by atoms with Crippen LogP contribution in [0.5, 0.6) is 0 Å². The Kier molecular flexibility index (Phi) is 6.44. The number of carbonyl (C=O) groups excluding carboxylic acids is 1. The van der Waals surface area contributed by atoms with Crippen LogP contribution >= 0.6 is 11.3 Å². The Morgan fingerprint density at radius 1 is 0.971 bits per heavy atom. The molecule has 0 radical (unpaired) electrons. The topological polar surface area (TPSA) is 77.8 Å². The normalized spacial score (nSPS) is 14.9. The smallest absolute Gasteiger partial charge is 0.238 e. The van der Waals surface area contributed by atoms with Crippen LogP contribution in [0.25, 0.3) is 16.2 Å². The third-order valence-corrected chi connectivity index (χ3v) is 6.77. The minimum Gasteiger partial charge on any atom is -0.364 e. The fourth-order valence-electron chi connectivity index (χ4n) is 4.15. The molecule has 0 aliphatic carbocycles. The molecule has 0 unspecified atom stereocenters. The van der Waals surface area contributed by atoms with Gasteiger partial charge >= 0.3 is 0 Å². The summed E-state index contributed by atoms with van der Waals surface area (Å²) >= 11 is 1.61. The summed E-state index contributed by atoms with van der Waals surface area (Å²) in [7, 11) is 0. The number of fused-ring (bicyclic) bond motifs is 1. The number of anilines is 3. The molecule has 8 nitrogen and oxygen atoms in total. The van der Waals surface area contributed by atoms with Gasteiger partial charge in [0.15, 0.2) is 5.82 Å². The highest BCUT2D eigenvalue weighted by Crippen LogP contribution is 2.34. The number of hydrogen-bond donors (Lipinski definition) is 2. The lowest BCUT2D eigenvalue weighted by Crippen LogP contribution is -2.48. The highest BCUT2D eigenvalue weighted by molar-refractivity contribution is 7.20. The number of rotatable bonds is 6. The van der Waals surface area contributed by atoms with Gasteiger partial charge in [-0.2, -0.15) is 4.52 Å². The molecule has 35 heavy (non-hydrogen) atoms. The Balaban J connectivity index is 1.28. The van der Waals surface area contributed by atoms with E-state index in [1.165, 1.54) is 0 Å². The minimum absolute atomic E-state index is 0.0173. The van der Waals surface area contributed by atoms with E-state index in [0.29, 0.717) is 6.54 Å². The van der Waals surface area contributed by atoms with Crippen molar-refractivity contribution in [2.75, 3.05) is 48.3 Å². The van der Waals surface area contributed by atoms with Crippen molar-refractivity contribution in [3.63, 3.8) is 0 Å². The molecule has 0 bridgehead atoms. The van der Waals surface area contributed by atoms with Crippen molar-refractivity contribution in [3.8, 4) is 11.3 Å². The van der Waals surface area contributed by atoms with E-state index in [9.17, 15) is 4.79 Å². The van der Waals surface area contributed by atoms with Crippen molar-refractivity contribution in [1.82, 2.24) is 19.5 Å². The lowest BCUT2D eigenvalue weighted by Gasteiger charge is -2.33. The SMILES string of the molecule is CC(C)(C)Nc1c(-c2ccccc2)nc2sc(N3CCN(CC(=O)Nc4ccccc4)CC3)nn12. The zero-order valence-electron chi connectivity index (χ0n) is 20.4. The number of nitrogens with one attached hydrogen (secondary N) is 2. The largest absolute Gasteiger partial charge is 0.364 e. The summed E-state index contributed by atoms with van der Waals surface area (Å²) in [6.07, 6.45) is 0. The van der Waals surface area contributed by atoms with Gasteiger partial charge in [0.1, 0.15) is 5.69 Å². The van der Waals surface area contributed by atoms with Crippen LogP contribution in [0.2, 0.25) is 0 Å². The number of para-hydroxylation sites is 1. The van der Waals surface area contributed by atoms with E-state index in [0.717, 1.165) is 59.0 Å². The van der Waals surface area contributed by atoms with Gasteiger partial charge in [0.05, 0.1) is 6.54 Å². The molecule has 182 valence electrons. The Morgan fingerprint density at radius 3 is 2.29 bits per heavy atom. The predicted molar refractivity (Wildman–Crippen MR) is 143 cm³/mol. The van der Waals surface area contributed by atoms with Gasteiger partial charge in [-0.25, -0.2) is 4.98 Å². The molecule has 5 rings (SSSR count). The zero-order valence-corrected chi connectivity index (χ0v) is 21.2. The summed E-state index contributed by atoms with van der Waals surface area (Å²) in [5, 5.41) is 12.5. The van der Waals surface area contributed by atoms with E-state index in [-0.39, 0.29) is 11.4 Å². The van der Waals surface area contributed by atoms with Crippen LogP contribution in [-0.4, -0.2) is 63.7 Å². The number of aromatic nitrogens is 3. The fraction of sp³-hybridized carbons (Fsp3) is 0.346. The fourth-order valence-corrected chi connectivity index (χ4v) is 5.11. The number of imidazole rings is 1. The Bertz CT molecular complexity index is 1290. The van der Waals surface area contributed by atoms with Crippen molar-refractivity contribution in [1.29, 1.82) is 0 Å². The first kappa shape index (κ1) is 23.3. The summed E-state index contributed by atoms with van der Waals surface area (Å²) in [5.41, 5.74) is 2.69. The molecule has 0 spiro atoms. The second-order valence-corrected chi connectivity index (χ2v) is 10.7. The van der Waals surface area contributed by atoms with Gasteiger partial charge in [0, 0.05) is 43.0 Å². The first-order chi connectivity index (χ1) is 16.9. The zero-order chi connectivity index (χ0) is 24.4. The average Bonchev–Trinajstić information content (AvgIpc) is 3.39. The summed E-state index contributed by atoms with van der Waals surface area (Å²) in [6.45, 7) is 10.1. The molecule has 1 aliphatic rings.